The van der Waals surface area contributed by atoms with Crippen molar-refractivity contribution in [3.63, 3.8) is 0 Å². The minimum Gasteiger partial charge on any atom is -0.381 e. The summed E-state index contributed by atoms with van der Waals surface area (Å²) in [5.41, 5.74) is 0.696. The summed E-state index contributed by atoms with van der Waals surface area (Å²) in [4.78, 5) is 15.5. The molecule has 1 amide bonds. The standard InChI is InChI=1S/C9H10BrN3O2/c1-4-7(14)9(15)13-8-6(12-4)2-5(10)3-11-8/h2-4,7,12,14H,1H3,(H,11,13,15). The lowest BCUT2D eigenvalue weighted by Gasteiger charge is -2.15. The van der Waals surface area contributed by atoms with E-state index in [1.165, 1.54) is 0 Å². The number of rotatable bonds is 0. The highest BCUT2D eigenvalue weighted by Gasteiger charge is 2.27. The molecule has 3 N–H and O–H groups in total. The summed E-state index contributed by atoms with van der Waals surface area (Å²) >= 11 is 3.29. The van der Waals surface area contributed by atoms with Crippen LogP contribution in [0.1, 0.15) is 6.92 Å². The van der Waals surface area contributed by atoms with Crippen molar-refractivity contribution in [2.45, 2.75) is 19.1 Å². The molecular weight excluding hydrogens is 262 g/mol. The summed E-state index contributed by atoms with van der Waals surface area (Å²) in [7, 11) is 0. The van der Waals surface area contributed by atoms with E-state index >= 15 is 0 Å². The van der Waals surface area contributed by atoms with Crippen LogP contribution in [0.2, 0.25) is 0 Å². The van der Waals surface area contributed by atoms with Gasteiger partial charge in [0.2, 0.25) is 0 Å². The first-order valence-electron chi connectivity index (χ1n) is 4.49. The third kappa shape index (κ3) is 1.95. The van der Waals surface area contributed by atoms with Gasteiger partial charge >= 0.3 is 0 Å². The quantitative estimate of drug-likeness (QED) is 0.657. The summed E-state index contributed by atoms with van der Waals surface area (Å²) in [5.74, 6) is -0.00447. The number of hydrogen-bond donors (Lipinski definition) is 3. The number of anilines is 2. The smallest absolute Gasteiger partial charge is 0.256 e. The van der Waals surface area contributed by atoms with Crippen LogP contribution in [0.25, 0.3) is 0 Å². The Bertz CT molecular complexity index is 410. The van der Waals surface area contributed by atoms with Gasteiger partial charge in [0.05, 0.1) is 11.7 Å². The van der Waals surface area contributed by atoms with E-state index in [0.717, 1.165) is 4.47 Å². The van der Waals surface area contributed by atoms with Crippen LogP contribution in [0.3, 0.4) is 0 Å². The van der Waals surface area contributed by atoms with Gasteiger partial charge in [0.25, 0.3) is 5.91 Å². The molecule has 5 nitrogen and oxygen atoms in total. The maximum Gasteiger partial charge on any atom is 0.256 e. The van der Waals surface area contributed by atoms with Gasteiger partial charge in [-0.25, -0.2) is 4.98 Å². The molecule has 0 spiro atoms. The maximum atomic E-state index is 11.4. The molecule has 0 radical (unpaired) electrons. The Kier molecular flexibility index (Phi) is 2.62. The molecule has 0 bridgehead atoms. The average Bonchev–Trinajstić information content (AvgIpc) is 2.29. The molecule has 1 aromatic heterocycles. The molecule has 2 atom stereocenters. The van der Waals surface area contributed by atoms with Gasteiger partial charge in [-0.15, -0.1) is 0 Å². The number of fused-ring (bicyclic) bond motifs is 1. The molecule has 2 unspecified atom stereocenters. The number of halogens is 1. The van der Waals surface area contributed by atoms with Crippen molar-refractivity contribution in [3.8, 4) is 0 Å². The zero-order valence-corrected chi connectivity index (χ0v) is 9.58. The fraction of sp³-hybridized carbons (Fsp3) is 0.333. The summed E-state index contributed by atoms with van der Waals surface area (Å²) < 4.78 is 0.812. The van der Waals surface area contributed by atoms with E-state index in [2.05, 4.69) is 31.5 Å². The largest absolute Gasteiger partial charge is 0.381 e. The van der Waals surface area contributed by atoms with Crippen LogP contribution in [0, 0.1) is 0 Å². The molecule has 1 aliphatic heterocycles. The molecule has 0 fully saturated rings. The van der Waals surface area contributed by atoms with Crippen molar-refractivity contribution in [2.75, 3.05) is 10.6 Å². The van der Waals surface area contributed by atoms with Gasteiger partial charge in [-0.05, 0) is 28.9 Å². The molecule has 15 heavy (non-hydrogen) atoms. The molecule has 0 saturated carbocycles. The average molecular weight is 272 g/mol. The predicted octanol–water partition coefficient (Wildman–Crippen LogP) is 0.957. The molecular formula is C9H10BrN3O2. The number of pyridine rings is 1. The van der Waals surface area contributed by atoms with Crippen molar-refractivity contribution < 1.29 is 9.90 Å². The molecule has 1 aliphatic rings. The molecule has 0 saturated heterocycles. The van der Waals surface area contributed by atoms with Crippen molar-refractivity contribution >= 4 is 33.3 Å². The first-order chi connectivity index (χ1) is 7.08. The van der Waals surface area contributed by atoms with Crippen molar-refractivity contribution in [1.82, 2.24) is 4.98 Å². The number of aliphatic hydroxyl groups is 1. The second-order valence-corrected chi connectivity index (χ2v) is 4.33. The fourth-order valence-corrected chi connectivity index (χ4v) is 1.72. The second-order valence-electron chi connectivity index (χ2n) is 3.42. The fourth-order valence-electron chi connectivity index (χ4n) is 1.39. The van der Waals surface area contributed by atoms with E-state index in [-0.39, 0.29) is 6.04 Å². The van der Waals surface area contributed by atoms with Gasteiger partial charge in [-0.2, -0.15) is 0 Å². The van der Waals surface area contributed by atoms with Gasteiger partial charge in [0.1, 0.15) is 0 Å². The van der Waals surface area contributed by atoms with Crippen molar-refractivity contribution in [2.24, 2.45) is 0 Å². The van der Waals surface area contributed by atoms with E-state index < -0.39 is 12.0 Å². The van der Waals surface area contributed by atoms with Gasteiger partial charge in [-0.3, -0.25) is 4.79 Å². The van der Waals surface area contributed by atoms with Crippen molar-refractivity contribution in [3.05, 3.63) is 16.7 Å². The van der Waals surface area contributed by atoms with E-state index in [0.29, 0.717) is 11.5 Å². The number of carbonyl (C=O) groups is 1. The Hall–Kier alpha value is -1.14. The third-order valence-corrected chi connectivity index (χ3v) is 2.66. The molecule has 80 valence electrons. The van der Waals surface area contributed by atoms with Gasteiger partial charge in [-0.1, -0.05) is 0 Å². The van der Waals surface area contributed by atoms with Crippen LogP contribution >= 0.6 is 15.9 Å². The van der Waals surface area contributed by atoms with Crippen LogP contribution in [0.15, 0.2) is 16.7 Å². The first kappa shape index (κ1) is 10.4. The zero-order valence-electron chi connectivity index (χ0n) is 7.99. The summed E-state index contributed by atoms with van der Waals surface area (Å²) in [6.07, 6.45) is 0.515. The molecule has 0 aliphatic carbocycles. The number of nitrogens with one attached hydrogen (secondary N) is 2. The molecule has 2 rings (SSSR count). The summed E-state index contributed by atoms with van der Waals surface area (Å²) in [6.45, 7) is 1.74. The monoisotopic (exact) mass is 271 g/mol. The lowest BCUT2D eigenvalue weighted by molar-refractivity contribution is -0.124. The molecule has 6 heteroatoms. The van der Waals surface area contributed by atoms with Crippen LogP contribution in [-0.2, 0) is 4.79 Å². The minimum atomic E-state index is -1.07. The third-order valence-electron chi connectivity index (χ3n) is 2.22. The summed E-state index contributed by atoms with van der Waals surface area (Å²) in [6, 6.07) is 1.46. The first-order valence-corrected chi connectivity index (χ1v) is 5.28. The van der Waals surface area contributed by atoms with E-state index in [4.69, 9.17) is 0 Å². The summed E-state index contributed by atoms with van der Waals surface area (Å²) in [5, 5.41) is 15.1. The van der Waals surface area contributed by atoms with Crippen LogP contribution in [0.5, 0.6) is 0 Å². The predicted molar refractivity (Wildman–Crippen MR) is 59.7 cm³/mol. The second kappa shape index (κ2) is 3.79. The van der Waals surface area contributed by atoms with Crippen molar-refractivity contribution in [1.29, 1.82) is 0 Å². The van der Waals surface area contributed by atoms with Gasteiger partial charge in [0, 0.05) is 10.7 Å². The maximum absolute atomic E-state index is 11.4. The number of hydrogen-bond acceptors (Lipinski definition) is 4. The zero-order chi connectivity index (χ0) is 11.0. The van der Waals surface area contributed by atoms with Gasteiger partial charge in [0.15, 0.2) is 11.9 Å². The molecule has 2 heterocycles. The van der Waals surface area contributed by atoms with E-state index in [9.17, 15) is 9.90 Å². The molecule has 1 aromatic rings. The Balaban J connectivity index is 2.42. The van der Waals surface area contributed by atoms with Crippen LogP contribution < -0.4 is 10.6 Å². The highest BCUT2D eigenvalue weighted by Crippen LogP contribution is 2.26. The lowest BCUT2D eigenvalue weighted by atomic mass is 10.2. The minimum absolute atomic E-state index is 0.345. The van der Waals surface area contributed by atoms with E-state index in [1.807, 2.05) is 0 Å². The number of aliphatic hydroxyl groups excluding tert-OH is 1. The lowest BCUT2D eigenvalue weighted by Crippen LogP contribution is -2.38. The Morgan fingerprint density at radius 3 is 3.07 bits per heavy atom. The number of aromatic nitrogens is 1. The Morgan fingerprint density at radius 1 is 1.60 bits per heavy atom. The number of amides is 1. The van der Waals surface area contributed by atoms with E-state index in [1.54, 1.807) is 19.2 Å². The number of nitrogens with zero attached hydrogens (tertiary/aromatic N) is 1. The SMILES string of the molecule is CC1Nc2cc(Br)cnc2NC(=O)C1O. The topological polar surface area (TPSA) is 74.2 Å². The van der Waals surface area contributed by atoms with Gasteiger partial charge < -0.3 is 15.7 Å². The normalized spacial score (nSPS) is 24.9. The van der Waals surface area contributed by atoms with Crippen LogP contribution in [-0.4, -0.2) is 28.1 Å². The van der Waals surface area contributed by atoms with Crippen LogP contribution in [0.4, 0.5) is 11.5 Å². The highest BCUT2D eigenvalue weighted by atomic mass is 79.9. The Labute approximate surface area is 95.0 Å². The number of carbonyl (C=O) groups excluding carboxylic acids is 1. The highest BCUT2D eigenvalue weighted by molar-refractivity contribution is 9.10. The molecule has 0 aromatic carbocycles. The Morgan fingerprint density at radius 2 is 2.33 bits per heavy atom.